The molecule has 2 aromatic heterocycles. The van der Waals surface area contributed by atoms with Crippen LogP contribution in [0.25, 0.3) is 11.2 Å². The highest BCUT2D eigenvalue weighted by Gasteiger charge is 1.98. The standard InChI is InChI=1S/C7H6N4S/c1-12-7-9-6-5(10-11-7)3-2-4-8-6/h2-4H,1H3. The van der Waals surface area contributed by atoms with E-state index < -0.39 is 0 Å². The summed E-state index contributed by atoms with van der Waals surface area (Å²) in [5, 5.41) is 8.50. The van der Waals surface area contributed by atoms with Gasteiger partial charge in [0.25, 0.3) is 0 Å². The first-order valence-electron chi connectivity index (χ1n) is 3.39. The molecular formula is C7H6N4S. The maximum atomic E-state index is 4.17. The number of pyridine rings is 1. The van der Waals surface area contributed by atoms with Crippen molar-refractivity contribution < 1.29 is 0 Å². The number of hydrogen-bond acceptors (Lipinski definition) is 5. The first-order valence-corrected chi connectivity index (χ1v) is 4.62. The van der Waals surface area contributed by atoms with Gasteiger partial charge < -0.3 is 0 Å². The Bertz CT molecular complexity index is 403. The fourth-order valence-corrected chi connectivity index (χ4v) is 1.15. The summed E-state index contributed by atoms with van der Waals surface area (Å²) in [6.07, 6.45) is 3.60. The number of fused-ring (bicyclic) bond motifs is 1. The highest BCUT2D eigenvalue weighted by molar-refractivity contribution is 7.98. The van der Waals surface area contributed by atoms with Crippen LogP contribution in [-0.4, -0.2) is 26.4 Å². The highest BCUT2D eigenvalue weighted by Crippen LogP contribution is 2.09. The highest BCUT2D eigenvalue weighted by atomic mass is 32.2. The molecule has 2 rings (SSSR count). The minimum Gasteiger partial charge on any atom is -0.235 e. The van der Waals surface area contributed by atoms with Crippen LogP contribution in [0.2, 0.25) is 0 Å². The molecule has 0 amide bonds. The van der Waals surface area contributed by atoms with Gasteiger partial charge in [0.15, 0.2) is 5.65 Å². The van der Waals surface area contributed by atoms with Crippen molar-refractivity contribution in [3.63, 3.8) is 0 Å². The quantitative estimate of drug-likeness (QED) is 0.613. The van der Waals surface area contributed by atoms with Gasteiger partial charge in [0.05, 0.1) is 0 Å². The first kappa shape index (κ1) is 7.42. The monoisotopic (exact) mass is 178 g/mol. The van der Waals surface area contributed by atoms with Gasteiger partial charge in [0.1, 0.15) is 5.52 Å². The number of hydrogen-bond donors (Lipinski definition) is 0. The van der Waals surface area contributed by atoms with Gasteiger partial charge in [-0.05, 0) is 18.4 Å². The van der Waals surface area contributed by atoms with Crippen LogP contribution in [0.4, 0.5) is 0 Å². The van der Waals surface area contributed by atoms with Crippen LogP contribution < -0.4 is 0 Å². The van der Waals surface area contributed by atoms with Gasteiger partial charge in [-0.1, -0.05) is 11.8 Å². The average Bonchev–Trinajstić information content (AvgIpc) is 2.17. The van der Waals surface area contributed by atoms with E-state index in [-0.39, 0.29) is 0 Å². The Labute approximate surface area is 73.4 Å². The Morgan fingerprint density at radius 1 is 1.33 bits per heavy atom. The number of rotatable bonds is 1. The summed E-state index contributed by atoms with van der Waals surface area (Å²) in [4.78, 5) is 8.23. The molecule has 5 heteroatoms. The third kappa shape index (κ3) is 1.23. The zero-order valence-corrected chi connectivity index (χ0v) is 7.25. The van der Waals surface area contributed by atoms with Crippen LogP contribution in [-0.2, 0) is 0 Å². The van der Waals surface area contributed by atoms with Crippen molar-refractivity contribution in [1.29, 1.82) is 0 Å². The molecule has 0 aliphatic heterocycles. The number of nitrogens with zero attached hydrogens (tertiary/aromatic N) is 4. The summed E-state index contributed by atoms with van der Waals surface area (Å²) in [6, 6.07) is 3.66. The fraction of sp³-hybridized carbons (Fsp3) is 0.143. The topological polar surface area (TPSA) is 51.6 Å². The van der Waals surface area contributed by atoms with E-state index in [2.05, 4.69) is 20.2 Å². The van der Waals surface area contributed by atoms with Gasteiger partial charge in [-0.15, -0.1) is 10.2 Å². The molecule has 0 bridgehead atoms. The Balaban J connectivity index is 2.67. The predicted molar refractivity (Wildman–Crippen MR) is 46.9 cm³/mol. The third-order valence-corrected chi connectivity index (χ3v) is 1.93. The lowest BCUT2D eigenvalue weighted by molar-refractivity contribution is 0.874. The van der Waals surface area contributed by atoms with Gasteiger partial charge in [-0.3, -0.25) is 0 Å². The maximum absolute atomic E-state index is 4.17. The van der Waals surface area contributed by atoms with E-state index in [1.807, 2.05) is 18.4 Å². The Kier molecular flexibility index (Phi) is 1.87. The van der Waals surface area contributed by atoms with Gasteiger partial charge in [0.2, 0.25) is 5.16 Å². The SMILES string of the molecule is CSc1nnc2cccnc2n1. The Hall–Kier alpha value is -1.23. The smallest absolute Gasteiger partial charge is 0.210 e. The molecule has 0 saturated carbocycles. The molecular weight excluding hydrogens is 172 g/mol. The van der Waals surface area contributed by atoms with Crippen LogP contribution in [0, 0.1) is 0 Å². The van der Waals surface area contributed by atoms with Crippen molar-refractivity contribution >= 4 is 22.9 Å². The van der Waals surface area contributed by atoms with Crippen molar-refractivity contribution in [3.8, 4) is 0 Å². The summed E-state index contributed by atoms with van der Waals surface area (Å²) in [5.41, 5.74) is 1.38. The Morgan fingerprint density at radius 3 is 3.08 bits per heavy atom. The van der Waals surface area contributed by atoms with E-state index >= 15 is 0 Å². The van der Waals surface area contributed by atoms with Gasteiger partial charge >= 0.3 is 0 Å². The fourth-order valence-electron chi connectivity index (χ4n) is 0.849. The molecule has 0 N–H and O–H groups in total. The van der Waals surface area contributed by atoms with Gasteiger partial charge in [-0.25, -0.2) is 4.98 Å². The third-order valence-electron chi connectivity index (χ3n) is 1.39. The average molecular weight is 178 g/mol. The van der Waals surface area contributed by atoms with E-state index in [0.717, 1.165) is 5.52 Å². The van der Waals surface area contributed by atoms with Crippen molar-refractivity contribution in [3.05, 3.63) is 18.3 Å². The zero-order valence-electron chi connectivity index (χ0n) is 6.43. The molecule has 0 atom stereocenters. The number of aromatic nitrogens is 4. The summed E-state index contributed by atoms with van der Waals surface area (Å²) >= 11 is 1.46. The normalized spacial score (nSPS) is 10.4. The van der Waals surface area contributed by atoms with Crippen LogP contribution in [0.5, 0.6) is 0 Å². The number of thioether (sulfide) groups is 1. The van der Waals surface area contributed by atoms with E-state index in [4.69, 9.17) is 0 Å². The summed E-state index contributed by atoms with van der Waals surface area (Å²) < 4.78 is 0. The molecule has 0 unspecified atom stereocenters. The summed E-state index contributed by atoms with van der Waals surface area (Å²) in [6.45, 7) is 0. The lowest BCUT2D eigenvalue weighted by Gasteiger charge is -1.94. The Morgan fingerprint density at radius 2 is 2.25 bits per heavy atom. The lowest BCUT2D eigenvalue weighted by Crippen LogP contribution is -1.92. The van der Waals surface area contributed by atoms with Crippen molar-refractivity contribution in [2.75, 3.05) is 6.26 Å². The molecule has 12 heavy (non-hydrogen) atoms. The molecule has 0 saturated heterocycles. The second kappa shape index (κ2) is 3.02. The van der Waals surface area contributed by atoms with Crippen molar-refractivity contribution in [2.24, 2.45) is 0 Å². The van der Waals surface area contributed by atoms with Crippen molar-refractivity contribution in [2.45, 2.75) is 5.16 Å². The second-order valence-electron chi connectivity index (χ2n) is 2.14. The zero-order chi connectivity index (χ0) is 8.39. The largest absolute Gasteiger partial charge is 0.235 e. The van der Waals surface area contributed by atoms with Crippen molar-refractivity contribution in [1.82, 2.24) is 20.2 Å². The second-order valence-corrected chi connectivity index (χ2v) is 2.92. The molecule has 0 aliphatic rings. The van der Waals surface area contributed by atoms with Crippen LogP contribution in [0.1, 0.15) is 0 Å². The maximum Gasteiger partial charge on any atom is 0.210 e. The minimum atomic E-state index is 0.650. The van der Waals surface area contributed by atoms with Gasteiger partial charge in [-0.2, -0.15) is 4.98 Å². The molecule has 0 aliphatic carbocycles. The molecule has 2 heterocycles. The lowest BCUT2D eigenvalue weighted by atomic mass is 10.4. The molecule has 0 fully saturated rings. The molecule has 0 aromatic carbocycles. The molecule has 2 aromatic rings. The van der Waals surface area contributed by atoms with Crippen LogP contribution >= 0.6 is 11.8 Å². The summed E-state index contributed by atoms with van der Waals surface area (Å²) in [5.74, 6) is 0. The van der Waals surface area contributed by atoms with E-state index in [9.17, 15) is 0 Å². The van der Waals surface area contributed by atoms with Crippen LogP contribution in [0.15, 0.2) is 23.5 Å². The first-order chi connectivity index (χ1) is 5.90. The molecule has 4 nitrogen and oxygen atoms in total. The van der Waals surface area contributed by atoms with E-state index in [1.54, 1.807) is 6.20 Å². The summed E-state index contributed by atoms with van der Waals surface area (Å²) in [7, 11) is 0. The van der Waals surface area contributed by atoms with E-state index in [1.165, 1.54) is 11.8 Å². The molecule has 0 radical (unpaired) electrons. The van der Waals surface area contributed by atoms with Gasteiger partial charge in [0, 0.05) is 6.20 Å². The molecule has 60 valence electrons. The minimum absolute atomic E-state index is 0.650. The predicted octanol–water partition coefficient (Wildman–Crippen LogP) is 1.14. The molecule has 0 spiro atoms. The van der Waals surface area contributed by atoms with E-state index in [0.29, 0.717) is 10.8 Å². The van der Waals surface area contributed by atoms with Crippen LogP contribution in [0.3, 0.4) is 0 Å².